The SMILES string of the molecule is Cc1nnc(NCc2cnn(C)c2C)c(C(N)=S)c1C. The fourth-order valence-electron chi connectivity index (χ4n) is 1.93. The average molecular weight is 290 g/mol. The van der Waals surface area contributed by atoms with Crippen LogP contribution in [0.4, 0.5) is 5.82 Å². The van der Waals surface area contributed by atoms with Crippen molar-refractivity contribution in [2.24, 2.45) is 12.8 Å². The molecule has 0 fully saturated rings. The zero-order valence-corrected chi connectivity index (χ0v) is 12.9. The monoisotopic (exact) mass is 290 g/mol. The maximum atomic E-state index is 5.79. The molecule has 0 atom stereocenters. The van der Waals surface area contributed by atoms with Gasteiger partial charge in [-0.05, 0) is 26.3 Å². The Morgan fingerprint density at radius 2 is 2.05 bits per heavy atom. The van der Waals surface area contributed by atoms with Gasteiger partial charge in [0.1, 0.15) is 4.99 Å². The molecule has 0 unspecified atom stereocenters. The Kier molecular flexibility index (Phi) is 3.99. The van der Waals surface area contributed by atoms with Gasteiger partial charge in [0.15, 0.2) is 5.82 Å². The maximum Gasteiger partial charge on any atom is 0.159 e. The van der Waals surface area contributed by atoms with Crippen LogP contribution in [0.1, 0.15) is 28.1 Å². The number of aromatic nitrogens is 4. The van der Waals surface area contributed by atoms with Gasteiger partial charge in [-0.3, -0.25) is 4.68 Å². The zero-order valence-electron chi connectivity index (χ0n) is 12.1. The summed E-state index contributed by atoms with van der Waals surface area (Å²) in [4.78, 5) is 0.325. The lowest BCUT2D eigenvalue weighted by Gasteiger charge is -2.13. The normalized spacial score (nSPS) is 10.6. The molecule has 0 bridgehead atoms. The molecule has 0 aliphatic heterocycles. The first-order chi connectivity index (χ1) is 9.41. The molecular weight excluding hydrogens is 272 g/mol. The molecule has 2 aromatic rings. The molecule has 0 aliphatic rings. The molecule has 7 heteroatoms. The topological polar surface area (TPSA) is 81.7 Å². The molecular formula is C13H18N6S. The van der Waals surface area contributed by atoms with E-state index < -0.39 is 0 Å². The Morgan fingerprint density at radius 1 is 1.35 bits per heavy atom. The van der Waals surface area contributed by atoms with Crippen molar-refractivity contribution < 1.29 is 0 Å². The van der Waals surface area contributed by atoms with E-state index in [2.05, 4.69) is 20.6 Å². The summed E-state index contributed by atoms with van der Waals surface area (Å²) in [6, 6.07) is 0. The molecule has 106 valence electrons. The molecule has 2 aromatic heterocycles. The van der Waals surface area contributed by atoms with Crippen molar-refractivity contribution in [3.63, 3.8) is 0 Å². The minimum atomic E-state index is 0.325. The molecule has 0 amide bonds. The summed E-state index contributed by atoms with van der Waals surface area (Å²) in [5.74, 6) is 0.615. The molecule has 0 saturated carbocycles. The third-order valence-electron chi connectivity index (χ3n) is 3.48. The number of thiocarbonyl (C=S) groups is 1. The summed E-state index contributed by atoms with van der Waals surface area (Å²) in [5.41, 5.74) is 10.5. The van der Waals surface area contributed by atoms with Crippen molar-refractivity contribution >= 4 is 23.0 Å². The van der Waals surface area contributed by atoms with Gasteiger partial charge in [0, 0.05) is 24.8 Å². The molecule has 6 nitrogen and oxygen atoms in total. The van der Waals surface area contributed by atoms with Crippen molar-refractivity contribution in [3.8, 4) is 0 Å². The lowest BCUT2D eigenvalue weighted by molar-refractivity contribution is 0.738. The highest BCUT2D eigenvalue weighted by atomic mass is 32.1. The van der Waals surface area contributed by atoms with Crippen LogP contribution in [0.2, 0.25) is 0 Å². The van der Waals surface area contributed by atoms with E-state index >= 15 is 0 Å². The van der Waals surface area contributed by atoms with Gasteiger partial charge in [-0.1, -0.05) is 12.2 Å². The minimum absolute atomic E-state index is 0.325. The zero-order chi connectivity index (χ0) is 14.9. The van der Waals surface area contributed by atoms with Crippen molar-refractivity contribution in [2.75, 3.05) is 5.32 Å². The Hall–Kier alpha value is -2.02. The summed E-state index contributed by atoms with van der Waals surface area (Å²) in [5, 5.41) is 15.7. The fraction of sp³-hybridized carbons (Fsp3) is 0.385. The summed E-state index contributed by atoms with van der Waals surface area (Å²) in [7, 11) is 1.91. The molecule has 0 radical (unpaired) electrons. The number of nitrogens with two attached hydrogens (primary N) is 1. The van der Waals surface area contributed by atoms with Gasteiger partial charge in [0.2, 0.25) is 0 Å². The molecule has 0 aromatic carbocycles. The van der Waals surface area contributed by atoms with Gasteiger partial charge in [-0.15, -0.1) is 5.10 Å². The van der Waals surface area contributed by atoms with Crippen LogP contribution < -0.4 is 11.1 Å². The van der Waals surface area contributed by atoms with Crippen LogP contribution in [0.3, 0.4) is 0 Å². The highest BCUT2D eigenvalue weighted by Crippen LogP contribution is 2.19. The van der Waals surface area contributed by atoms with Crippen molar-refractivity contribution in [3.05, 3.63) is 34.3 Å². The number of anilines is 1. The van der Waals surface area contributed by atoms with Gasteiger partial charge >= 0.3 is 0 Å². The highest BCUT2D eigenvalue weighted by molar-refractivity contribution is 7.80. The number of nitrogens with one attached hydrogen (secondary N) is 1. The second kappa shape index (κ2) is 5.54. The average Bonchev–Trinajstić information content (AvgIpc) is 2.71. The van der Waals surface area contributed by atoms with E-state index in [0.29, 0.717) is 17.4 Å². The highest BCUT2D eigenvalue weighted by Gasteiger charge is 2.14. The van der Waals surface area contributed by atoms with Gasteiger partial charge in [-0.25, -0.2) is 0 Å². The molecule has 0 aliphatic carbocycles. The van der Waals surface area contributed by atoms with E-state index in [0.717, 1.165) is 28.1 Å². The second-order valence-corrected chi connectivity index (χ2v) is 5.17. The van der Waals surface area contributed by atoms with Crippen LogP contribution >= 0.6 is 12.2 Å². The molecule has 2 heterocycles. The first-order valence-electron chi connectivity index (χ1n) is 6.26. The summed E-state index contributed by atoms with van der Waals surface area (Å²) in [6.07, 6.45) is 1.83. The van der Waals surface area contributed by atoms with Gasteiger partial charge in [-0.2, -0.15) is 10.2 Å². The van der Waals surface area contributed by atoms with Crippen LogP contribution in [0.5, 0.6) is 0 Å². The van der Waals surface area contributed by atoms with Crippen LogP contribution in [0.15, 0.2) is 6.20 Å². The van der Waals surface area contributed by atoms with E-state index in [9.17, 15) is 0 Å². The van der Waals surface area contributed by atoms with Gasteiger partial charge in [0.25, 0.3) is 0 Å². The van der Waals surface area contributed by atoms with E-state index in [-0.39, 0.29) is 0 Å². The predicted molar refractivity (Wildman–Crippen MR) is 82.7 cm³/mol. The smallest absolute Gasteiger partial charge is 0.159 e. The van der Waals surface area contributed by atoms with Gasteiger partial charge < -0.3 is 11.1 Å². The van der Waals surface area contributed by atoms with E-state index in [1.54, 1.807) is 0 Å². The Morgan fingerprint density at radius 3 is 2.60 bits per heavy atom. The maximum absolute atomic E-state index is 5.79. The van der Waals surface area contributed by atoms with Crippen molar-refractivity contribution in [2.45, 2.75) is 27.3 Å². The van der Waals surface area contributed by atoms with Crippen molar-refractivity contribution in [1.82, 2.24) is 20.0 Å². The molecule has 0 spiro atoms. The fourth-order valence-corrected chi connectivity index (χ4v) is 2.18. The van der Waals surface area contributed by atoms with Gasteiger partial charge in [0.05, 0.1) is 17.5 Å². The Bertz CT molecular complexity index is 661. The minimum Gasteiger partial charge on any atom is -0.389 e. The number of aryl methyl sites for hydroxylation is 2. The Labute approximate surface area is 123 Å². The molecule has 2 rings (SSSR count). The Balaban J connectivity index is 2.28. The summed E-state index contributed by atoms with van der Waals surface area (Å²) in [6.45, 7) is 6.45. The van der Waals surface area contributed by atoms with Crippen LogP contribution in [0.25, 0.3) is 0 Å². The first-order valence-corrected chi connectivity index (χ1v) is 6.67. The third kappa shape index (κ3) is 2.62. The molecule has 3 N–H and O–H groups in total. The molecule has 20 heavy (non-hydrogen) atoms. The van der Waals surface area contributed by atoms with Crippen LogP contribution in [-0.4, -0.2) is 25.0 Å². The van der Waals surface area contributed by atoms with Crippen molar-refractivity contribution in [1.29, 1.82) is 0 Å². The number of rotatable bonds is 4. The van der Waals surface area contributed by atoms with E-state index in [1.165, 1.54) is 0 Å². The number of hydrogen-bond donors (Lipinski definition) is 2. The third-order valence-corrected chi connectivity index (χ3v) is 3.69. The van der Waals surface area contributed by atoms with E-state index in [4.69, 9.17) is 18.0 Å². The van der Waals surface area contributed by atoms with E-state index in [1.807, 2.05) is 38.7 Å². The second-order valence-electron chi connectivity index (χ2n) is 4.73. The van der Waals surface area contributed by atoms with Crippen LogP contribution in [0, 0.1) is 20.8 Å². The number of nitrogens with zero attached hydrogens (tertiary/aromatic N) is 4. The molecule has 0 saturated heterocycles. The first kappa shape index (κ1) is 14.4. The standard InChI is InChI=1S/C13H18N6S/c1-7-8(2)17-18-13(11(7)12(14)20)15-5-10-6-16-19(4)9(10)3/h6H,5H2,1-4H3,(H2,14,20)(H,15,18). The summed E-state index contributed by atoms with van der Waals surface area (Å²) >= 11 is 5.11. The van der Waals surface area contributed by atoms with Crippen LogP contribution in [-0.2, 0) is 13.6 Å². The largest absolute Gasteiger partial charge is 0.389 e. The quantitative estimate of drug-likeness (QED) is 0.828. The number of hydrogen-bond acceptors (Lipinski definition) is 5. The lowest BCUT2D eigenvalue weighted by Crippen LogP contribution is -2.18. The summed E-state index contributed by atoms with van der Waals surface area (Å²) < 4.78 is 1.83. The predicted octanol–water partition coefficient (Wildman–Crippen LogP) is 1.38. The lowest BCUT2D eigenvalue weighted by atomic mass is 10.1.